The smallest absolute Gasteiger partial charge is 0.355 e. The molecule has 0 aliphatic carbocycles. The van der Waals surface area contributed by atoms with Gasteiger partial charge < -0.3 is 14.2 Å². The van der Waals surface area contributed by atoms with E-state index in [1.54, 1.807) is 31.2 Å². The van der Waals surface area contributed by atoms with E-state index in [9.17, 15) is 9.59 Å². The summed E-state index contributed by atoms with van der Waals surface area (Å²) in [7, 11) is 1.46. The average molecular weight is 588 g/mol. The predicted molar refractivity (Wildman–Crippen MR) is 145 cm³/mol. The van der Waals surface area contributed by atoms with Crippen LogP contribution in [0, 0.1) is 0 Å². The largest absolute Gasteiger partial charge is 0.493 e. The number of hydrogen-bond acceptors (Lipinski definition) is 7. The molecular weight excluding hydrogens is 568 g/mol. The van der Waals surface area contributed by atoms with E-state index in [0.29, 0.717) is 27.0 Å². The van der Waals surface area contributed by atoms with Gasteiger partial charge in [-0.2, -0.15) is 5.10 Å². The molecule has 0 fully saturated rings. The van der Waals surface area contributed by atoms with Crippen LogP contribution in [-0.4, -0.2) is 31.3 Å². The molecule has 0 saturated carbocycles. The molecule has 184 valence electrons. The Balaban J connectivity index is 1.40. The van der Waals surface area contributed by atoms with Crippen LogP contribution >= 0.6 is 38.9 Å². The van der Waals surface area contributed by atoms with Crippen LogP contribution in [0.3, 0.4) is 0 Å². The predicted octanol–water partition coefficient (Wildman–Crippen LogP) is 6.46. The van der Waals surface area contributed by atoms with Crippen LogP contribution in [0.2, 0.25) is 5.02 Å². The average Bonchev–Trinajstić information content (AvgIpc) is 3.22. The SMILES string of the molecule is COc1cc(C=NNC(=O)C(C)Oc2ccccc2Br)ccc1OC(=O)c1sc2ccccc2c1Cl. The van der Waals surface area contributed by atoms with Gasteiger partial charge in [-0.3, -0.25) is 4.79 Å². The number of hydrogen-bond donors (Lipinski definition) is 1. The van der Waals surface area contributed by atoms with E-state index in [1.807, 2.05) is 42.5 Å². The van der Waals surface area contributed by atoms with Gasteiger partial charge in [-0.05, 0) is 64.8 Å². The first-order valence-electron chi connectivity index (χ1n) is 10.7. The molecule has 0 saturated heterocycles. The lowest BCUT2D eigenvalue weighted by molar-refractivity contribution is -0.127. The summed E-state index contributed by atoms with van der Waals surface area (Å²) < 4.78 is 18.2. The number of fused-ring (bicyclic) bond motifs is 1. The first-order valence-corrected chi connectivity index (χ1v) is 12.7. The number of ether oxygens (including phenoxy) is 3. The van der Waals surface area contributed by atoms with Crippen molar-refractivity contribution in [3.63, 3.8) is 0 Å². The number of para-hydroxylation sites is 1. The molecule has 4 aromatic rings. The quantitative estimate of drug-likeness (QED) is 0.111. The monoisotopic (exact) mass is 586 g/mol. The molecule has 1 unspecified atom stereocenters. The Hall–Kier alpha value is -3.40. The zero-order valence-electron chi connectivity index (χ0n) is 19.2. The van der Waals surface area contributed by atoms with Gasteiger partial charge in [-0.15, -0.1) is 11.3 Å². The Morgan fingerprint density at radius 2 is 1.81 bits per heavy atom. The van der Waals surface area contributed by atoms with Gasteiger partial charge in [0.2, 0.25) is 0 Å². The minimum absolute atomic E-state index is 0.229. The van der Waals surface area contributed by atoms with Crippen molar-refractivity contribution in [1.82, 2.24) is 5.43 Å². The van der Waals surface area contributed by atoms with Crippen molar-refractivity contribution in [1.29, 1.82) is 0 Å². The van der Waals surface area contributed by atoms with Crippen molar-refractivity contribution >= 4 is 67.0 Å². The number of hydrazone groups is 1. The molecule has 0 bridgehead atoms. The van der Waals surface area contributed by atoms with Crippen LogP contribution in [0.15, 0.2) is 76.3 Å². The minimum atomic E-state index is -0.766. The molecule has 7 nitrogen and oxygen atoms in total. The zero-order chi connectivity index (χ0) is 25.7. The molecule has 1 amide bonds. The molecule has 4 rings (SSSR count). The van der Waals surface area contributed by atoms with Crippen LogP contribution in [0.5, 0.6) is 17.2 Å². The molecule has 0 aliphatic rings. The Morgan fingerprint density at radius 3 is 2.56 bits per heavy atom. The second-order valence-corrected chi connectivity index (χ2v) is 9.75. The van der Waals surface area contributed by atoms with E-state index in [1.165, 1.54) is 24.7 Å². The van der Waals surface area contributed by atoms with Crippen LogP contribution in [0.4, 0.5) is 0 Å². The second-order valence-electron chi connectivity index (χ2n) is 7.47. The first kappa shape index (κ1) is 25.7. The van der Waals surface area contributed by atoms with Crippen molar-refractivity contribution in [3.05, 3.63) is 86.7 Å². The van der Waals surface area contributed by atoms with Crippen LogP contribution < -0.4 is 19.6 Å². The van der Waals surface area contributed by atoms with Crippen LogP contribution in [0.1, 0.15) is 22.2 Å². The number of halogens is 2. The zero-order valence-corrected chi connectivity index (χ0v) is 22.3. The molecule has 1 N–H and O–H groups in total. The maximum absolute atomic E-state index is 12.8. The van der Waals surface area contributed by atoms with E-state index in [2.05, 4.69) is 26.5 Å². The van der Waals surface area contributed by atoms with Gasteiger partial charge >= 0.3 is 5.97 Å². The number of carbonyl (C=O) groups excluding carboxylic acids is 2. The number of thiophene rings is 1. The number of benzene rings is 3. The third-order valence-corrected chi connectivity index (χ3v) is 7.32. The molecule has 0 spiro atoms. The van der Waals surface area contributed by atoms with Gasteiger partial charge in [0.1, 0.15) is 10.6 Å². The number of nitrogens with zero attached hydrogens (tertiary/aromatic N) is 1. The van der Waals surface area contributed by atoms with Gasteiger partial charge in [0.15, 0.2) is 17.6 Å². The van der Waals surface area contributed by atoms with Crippen molar-refractivity contribution in [2.24, 2.45) is 5.10 Å². The molecule has 1 heterocycles. The van der Waals surface area contributed by atoms with E-state index >= 15 is 0 Å². The van der Waals surface area contributed by atoms with Gasteiger partial charge in [-0.25, -0.2) is 10.2 Å². The summed E-state index contributed by atoms with van der Waals surface area (Å²) in [6.45, 7) is 1.62. The lowest BCUT2D eigenvalue weighted by atomic mass is 10.2. The Labute approximate surface area is 224 Å². The summed E-state index contributed by atoms with van der Waals surface area (Å²) in [5, 5.41) is 5.14. The molecule has 0 aliphatic heterocycles. The molecule has 1 aromatic heterocycles. The molecule has 0 radical (unpaired) electrons. The summed E-state index contributed by atoms with van der Waals surface area (Å²) in [6, 6.07) is 19.6. The lowest BCUT2D eigenvalue weighted by Crippen LogP contribution is -2.33. The van der Waals surface area contributed by atoms with Crippen LogP contribution in [-0.2, 0) is 4.79 Å². The van der Waals surface area contributed by atoms with Crippen molar-refractivity contribution < 1.29 is 23.8 Å². The number of nitrogens with one attached hydrogen (secondary N) is 1. The maximum atomic E-state index is 12.8. The number of methoxy groups -OCH3 is 1. The fourth-order valence-corrected chi connectivity index (χ4v) is 4.95. The highest BCUT2D eigenvalue weighted by Crippen LogP contribution is 2.37. The number of esters is 1. The first-order chi connectivity index (χ1) is 17.4. The van der Waals surface area contributed by atoms with Gasteiger partial charge in [0.05, 0.1) is 22.8 Å². The molecule has 10 heteroatoms. The fourth-order valence-electron chi connectivity index (χ4n) is 3.19. The molecule has 3 aromatic carbocycles. The highest BCUT2D eigenvalue weighted by molar-refractivity contribution is 9.10. The van der Waals surface area contributed by atoms with Gasteiger partial charge in [0.25, 0.3) is 5.91 Å². The minimum Gasteiger partial charge on any atom is -0.493 e. The Kier molecular flexibility index (Phi) is 8.25. The summed E-state index contributed by atoms with van der Waals surface area (Å²) >= 11 is 11.0. The lowest BCUT2D eigenvalue weighted by Gasteiger charge is -2.14. The summed E-state index contributed by atoms with van der Waals surface area (Å²) in [6.07, 6.45) is 0.679. The third-order valence-electron chi connectivity index (χ3n) is 5.01. The van der Waals surface area contributed by atoms with Crippen molar-refractivity contribution in [3.8, 4) is 17.2 Å². The number of rotatable bonds is 8. The topological polar surface area (TPSA) is 86.2 Å². The molecular formula is C26H20BrClN2O5S. The standard InChI is InChI=1S/C26H20BrClN2O5S/c1-15(34-19-9-5-4-8-18(19)27)25(31)30-29-14-16-11-12-20(21(13-16)33-2)35-26(32)24-23(28)17-7-3-6-10-22(17)36-24/h3-15H,1-2H3,(H,30,31). The normalized spacial score (nSPS) is 11.9. The van der Waals surface area contributed by atoms with E-state index < -0.39 is 18.0 Å². The third kappa shape index (κ3) is 5.87. The maximum Gasteiger partial charge on any atom is 0.355 e. The van der Waals surface area contributed by atoms with Gasteiger partial charge in [-0.1, -0.05) is 41.9 Å². The highest BCUT2D eigenvalue weighted by Gasteiger charge is 2.20. The van der Waals surface area contributed by atoms with Crippen molar-refractivity contribution in [2.45, 2.75) is 13.0 Å². The van der Waals surface area contributed by atoms with E-state index in [-0.39, 0.29) is 5.75 Å². The van der Waals surface area contributed by atoms with Crippen molar-refractivity contribution in [2.75, 3.05) is 7.11 Å². The Morgan fingerprint density at radius 1 is 1.06 bits per heavy atom. The van der Waals surface area contributed by atoms with Crippen LogP contribution in [0.25, 0.3) is 10.1 Å². The van der Waals surface area contributed by atoms with Gasteiger partial charge in [0, 0.05) is 10.1 Å². The number of amides is 1. The van der Waals surface area contributed by atoms with E-state index in [4.69, 9.17) is 25.8 Å². The summed E-state index contributed by atoms with van der Waals surface area (Å²) in [4.78, 5) is 25.4. The Bertz CT molecular complexity index is 1460. The molecule has 1 atom stereocenters. The fraction of sp³-hybridized carbons (Fsp3) is 0.115. The summed E-state index contributed by atoms with van der Waals surface area (Å²) in [5.41, 5.74) is 3.06. The highest BCUT2D eigenvalue weighted by atomic mass is 79.9. The van der Waals surface area contributed by atoms with E-state index in [0.717, 1.165) is 14.6 Å². The summed E-state index contributed by atoms with van der Waals surface area (Å²) in [5.74, 6) is 0.108. The second kappa shape index (κ2) is 11.6. The molecule has 36 heavy (non-hydrogen) atoms. The number of carbonyl (C=O) groups is 2.